The molecule has 1 aliphatic heterocycles. The van der Waals surface area contributed by atoms with Gasteiger partial charge in [-0.15, -0.1) is 0 Å². The van der Waals surface area contributed by atoms with Gasteiger partial charge in [0.2, 0.25) is 5.91 Å². The third kappa shape index (κ3) is 6.59. The number of amides is 2. The number of likely N-dealkylation sites (tertiary alicyclic amines) is 1. The lowest BCUT2D eigenvalue weighted by molar-refractivity contribution is -0.136. The molecule has 3 rings (SSSR count). The van der Waals surface area contributed by atoms with Gasteiger partial charge >= 0.3 is 0 Å². The van der Waals surface area contributed by atoms with Crippen LogP contribution in [0.3, 0.4) is 0 Å². The Hall–Kier alpha value is -2.80. The highest BCUT2D eigenvalue weighted by molar-refractivity contribution is 6.04. The second kappa shape index (κ2) is 10.5. The fraction of sp³-hybridized carbons (Fsp3) is 0.458. The lowest BCUT2D eigenvalue weighted by atomic mass is 9.94. The molecule has 166 valence electrons. The number of nitrogens with zero attached hydrogens (tertiary/aromatic N) is 3. The van der Waals surface area contributed by atoms with Gasteiger partial charge in [0, 0.05) is 37.9 Å². The molecule has 1 aromatic carbocycles. The van der Waals surface area contributed by atoms with Gasteiger partial charge in [-0.05, 0) is 55.6 Å². The molecule has 31 heavy (non-hydrogen) atoms. The van der Waals surface area contributed by atoms with Crippen LogP contribution in [0.25, 0.3) is 0 Å². The quantitative estimate of drug-likeness (QED) is 0.731. The number of anilines is 1. The highest BCUT2D eigenvalue weighted by Gasteiger charge is 2.27. The zero-order valence-corrected chi connectivity index (χ0v) is 18.5. The number of aromatic nitrogens is 1. The van der Waals surface area contributed by atoms with Crippen molar-refractivity contribution in [2.45, 2.75) is 33.2 Å². The van der Waals surface area contributed by atoms with Crippen LogP contribution in [0.2, 0.25) is 0 Å². The molecule has 1 saturated heterocycles. The number of halogens is 1. The summed E-state index contributed by atoms with van der Waals surface area (Å²) in [5.74, 6) is -0.109. The van der Waals surface area contributed by atoms with E-state index in [4.69, 9.17) is 0 Å². The van der Waals surface area contributed by atoms with Gasteiger partial charge < -0.3 is 10.2 Å². The van der Waals surface area contributed by atoms with Crippen LogP contribution in [0.4, 0.5) is 10.1 Å². The molecule has 0 spiro atoms. The first kappa shape index (κ1) is 22.9. The smallest absolute Gasteiger partial charge is 0.257 e. The number of benzene rings is 1. The summed E-state index contributed by atoms with van der Waals surface area (Å²) >= 11 is 0. The van der Waals surface area contributed by atoms with Crippen molar-refractivity contribution in [1.82, 2.24) is 14.8 Å². The van der Waals surface area contributed by atoms with Gasteiger partial charge in [-0.1, -0.05) is 26.0 Å². The van der Waals surface area contributed by atoms with Crippen molar-refractivity contribution in [2.24, 2.45) is 11.8 Å². The molecule has 0 aliphatic carbocycles. The molecule has 1 N–H and O–H groups in total. The van der Waals surface area contributed by atoms with E-state index in [1.54, 1.807) is 0 Å². The van der Waals surface area contributed by atoms with Gasteiger partial charge in [0.15, 0.2) is 0 Å². The van der Waals surface area contributed by atoms with E-state index in [1.807, 2.05) is 36.2 Å². The van der Waals surface area contributed by atoms with Crippen LogP contribution in [0.1, 0.15) is 42.6 Å². The number of piperidine rings is 1. The van der Waals surface area contributed by atoms with E-state index >= 15 is 0 Å². The summed E-state index contributed by atoms with van der Waals surface area (Å²) in [5, 5.41) is 2.80. The molecule has 2 amide bonds. The maximum atomic E-state index is 13.3. The Morgan fingerprint density at radius 2 is 1.97 bits per heavy atom. The Labute approximate surface area is 183 Å². The molecule has 6 nitrogen and oxygen atoms in total. The number of nitrogens with one attached hydrogen (secondary N) is 1. The Morgan fingerprint density at radius 3 is 2.65 bits per heavy atom. The maximum Gasteiger partial charge on any atom is 0.257 e. The average Bonchev–Trinajstić information content (AvgIpc) is 2.73. The number of hydrogen-bond donors (Lipinski definition) is 1. The summed E-state index contributed by atoms with van der Waals surface area (Å²) in [6.45, 7) is 7.54. The summed E-state index contributed by atoms with van der Waals surface area (Å²) in [5.41, 5.74) is 1.92. The van der Waals surface area contributed by atoms with Crippen molar-refractivity contribution in [3.05, 3.63) is 59.7 Å². The summed E-state index contributed by atoms with van der Waals surface area (Å²) in [6, 6.07) is 8.82. The first-order chi connectivity index (χ1) is 14.8. The van der Waals surface area contributed by atoms with Crippen LogP contribution in [0, 0.1) is 17.7 Å². The minimum atomic E-state index is -0.543. The summed E-state index contributed by atoms with van der Waals surface area (Å²) in [7, 11) is 1.90. The highest BCUT2D eigenvalue weighted by Crippen LogP contribution is 2.22. The van der Waals surface area contributed by atoms with Crippen molar-refractivity contribution < 1.29 is 14.0 Å². The Balaban J connectivity index is 1.52. The molecule has 0 atom stereocenters. The Bertz CT molecular complexity index is 910. The fourth-order valence-electron chi connectivity index (χ4n) is 4.03. The predicted molar refractivity (Wildman–Crippen MR) is 119 cm³/mol. The summed E-state index contributed by atoms with van der Waals surface area (Å²) in [6.07, 6.45) is 4.14. The summed E-state index contributed by atoms with van der Waals surface area (Å²) in [4.78, 5) is 32.9. The van der Waals surface area contributed by atoms with Crippen LogP contribution in [0.5, 0.6) is 0 Å². The molecule has 0 saturated carbocycles. The van der Waals surface area contributed by atoms with Gasteiger partial charge in [0.1, 0.15) is 5.82 Å². The number of pyridine rings is 1. The Kier molecular flexibility index (Phi) is 7.74. The molecule has 2 heterocycles. The van der Waals surface area contributed by atoms with Crippen molar-refractivity contribution >= 4 is 17.5 Å². The van der Waals surface area contributed by atoms with E-state index in [2.05, 4.69) is 29.0 Å². The molecular formula is C24H31FN4O2. The molecule has 0 bridgehead atoms. The molecule has 1 fully saturated rings. The minimum absolute atomic E-state index is 0.102. The van der Waals surface area contributed by atoms with Gasteiger partial charge in [0.25, 0.3) is 5.91 Å². The van der Waals surface area contributed by atoms with E-state index in [0.29, 0.717) is 11.6 Å². The van der Waals surface area contributed by atoms with Crippen LogP contribution < -0.4 is 5.32 Å². The first-order valence-electron chi connectivity index (χ1n) is 10.8. The molecule has 1 aromatic heterocycles. The fourth-order valence-corrected chi connectivity index (χ4v) is 4.03. The molecule has 7 heteroatoms. The van der Waals surface area contributed by atoms with Crippen molar-refractivity contribution in [3.8, 4) is 0 Å². The monoisotopic (exact) mass is 426 g/mol. The zero-order valence-electron chi connectivity index (χ0n) is 18.5. The van der Waals surface area contributed by atoms with Crippen molar-refractivity contribution in [2.75, 3.05) is 32.0 Å². The largest absolute Gasteiger partial charge is 0.345 e. The number of hydrogen-bond acceptors (Lipinski definition) is 4. The highest BCUT2D eigenvalue weighted by atomic mass is 19.1. The summed E-state index contributed by atoms with van der Waals surface area (Å²) < 4.78 is 13.3. The van der Waals surface area contributed by atoms with Crippen LogP contribution >= 0.6 is 0 Å². The van der Waals surface area contributed by atoms with Crippen molar-refractivity contribution in [3.63, 3.8) is 0 Å². The van der Waals surface area contributed by atoms with E-state index < -0.39 is 11.7 Å². The van der Waals surface area contributed by atoms with Crippen molar-refractivity contribution in [1.29, 1.82) is 0 Å². The van der Waals surface area contributed by atoms with Crippen LogP contribution in [-0.4, -0.2) is 53.3 Å². The lowest BCUT2D eigenvalue weighted by Gasteiger charge is -2.33. The second-order valence-electron chi connectivity index (χ2n) is 8.71. The average molecular weight is 427 g/mol. The van der Waals surface area contributed by atoms with Gasteiger partial charge in [-0.2, -0.15) is 0 Å². The number of carbonyl (C=O) groups excluding carboxylic acids is 2. The third-order valence-corrected chi connectivity index (χ3v) is 5.51. The zero-order chi connectivity index (χ0) is 22.4. The minimum Gasteiger partial charge on any atom is -0.345 e. The Morgan fingerprint density at radius 1 is 1.23 bits per heavy atom. The van der Waals surface area contributed by atoms with Gasteiger partial charge in [0.05, 0.1) is 11.8 Å². The number of carbonyl (C=O) groups is 2. The second-order valence-corrected chi connectivity index (χ2v) is 8.71. The predicted octanol–water partition coefficient (Wildman–Crippen LogP) is 3.80. The van der Waals surface area contributed by atoms with Gasteiger partial charge in [-0.3, -0.25) is 19.5 Å². The number of rotatable bonds is 7. The van der Waals surface area contributed by atoms with Crippen LogP contribution in [-0.2, 0) is 11.3 Å². The SMILES string of the molecule is CC(C)CN(C)C(=O)C1CCN(Cc2cccc(NC(=O)c3cncc(F)c3)c2)CC1. The van der Waals surface area contributed by atoms with E-state index in [9.17, 15) is 14.0 Å². The molecule has 1 aliphatic rings. The van der Waals surface area contributed by atoms with E-state index in [1.165, 1.54) is 6.20 Å². The molecule has 0 radical (unpaired) electrons. The van der Waals surface area contributed by atoms with Gasteiger partial charge in [-0.25, -0.2) is 4.39 Å². The first-order valence-corrected chi connectivity index (χ1v) is 10.8. The van der Waals surface area contributed by atoms with E-state index in [-0.39, 0.29) is 17.4 Å². The normalized spacial score (nSPS) is 15.1. The standard InChI is InChI=1S/C24H31FN4O2/c1-17(2)15-28(3)24(31)19-7-9-29(10-8-19)16-18-5-4-6-22(11-18)27-23(30)20-12-21(25)14-26-13-20/h4-6,11-14,17,19H,7-10,15-16H2,1-3H3,(H,27,30). The topological polar surface area (TPSA) is 65.5 Å². The third-order valence-electron chi connectivity index (χ3n) is 5.51. The maximum absolute atomic E-state index is 13.3. The molecular weight excluding hydrogens is 395 g/mol. The molecule has 0 unspecified atom stereocenters. The van der Waals surface area contributed by atoms with E-state index in [0.717, 1.165) is 56.8 Å². The lowest BCUT2D eigenvalue weighted by Crippen LogP contribution is -2.41. The molecule has 2 aromatic rings. The van der Waals surface area contributed by atoms with Crippen LogP contribution in [0.15, 0.2) is 42.7 Å².